The molecule has 3 rings (SSSR count). The maximum Gasteiger partial charge on any atom is 0.416 e. The summed E-state index contributed by atoms with van der Waals surface area (Å²) in [7, 11) is 3.25. The zero-order chi connectivity index (χ0) is 17.4. The van der Waals surface area contributed by atoms with Gasteiger partial charge in [-0.15, -0.1) is 16.7 Å². The van der Waals surface area contributed by atoms with Gasteiger partial charge < -0.3 is 4.74 Å². The minimum Gasteiger partial charge on any atom is -0.381 e. The fraction of sp³-hybridized carbons (Fsp3) is 0.533. The number of nitrogens with zero attached hydrogens (tertiary/aromatic N) is 6. The summed E-state index contributed by atoms with van der Waals surface area (Å²) in [6.45, 7) is 7.19. The van der Waals surface area contributed by atoms with E-state index in [0.29, 0.717) is 31.5 Å². The van der Waals surface area contributed by atoms with Gasteiger partial charge in [-0.3, -0.25) is 14.6 Å². The molecule has 0 N–H and O–H groups in total. The second kappa shape index (κ2) is 6.16. The molecule has 24 heavy (non-hydrogen) atoms. The maximum atomic E-state index is 12.8. The molecule has 1 saturated heterocycles. The number of aliphatic imine (C=N–C) groups is 1. The van der Waals surface area contributed by atoms with Gasteiger partial charge in [0.1, 0.15) is 13.1 Å². The standard InChI is InChI=1S/C15H21N6O3/c1-5-6-19-13(22)11-12(18(3)15(19)23)16-14-20(11)9-10(2)17-21(14)7-8-24-4/h5,11H,1,6-9H2,2-4H3/q+1. The van der Waals surface area contributed by atoms with Crippen LogP contribution in [0.25, 0.3) is 0 Å². The van der Waals surface area contributed by atoms with Crippen molar-refractivity contribution in [3.63, 3.8) is 0 Å². The molecular weight excluding hydrogens is 312 g/mol. The summed E-state index contributed by atoms with van der Waals surface area (Å²) in [4.78, 5) is 32.4. The van der Waals surface area contributed by atoms with E-state index in [-0.39, 0.29) is 12.5 Å². The Kier molecular flexibility index (Phi) is 4.18. The van der Waals surface area contributed by atoms with Crippen LogP contribution in [-0.4, -0.2) is 95.3 Å². The van der Waals surface area contributed by atoms with Crippen LogP contribution in [0, 0.1) is 0 Å². The number of ether oxygens (including phenoxy) is 1. The molecule has 0 bridgehead atoms. The Balaban J connectivity index is 1.99. The predicted molar refractivity (Wildman–Crippen MR) is 88.1 cm³/mol. The minimum absolute atomic E-state index is 0.176. The van der Waals surface area contributed by atoms with Gasteiger partial charge in [0, 0.05) is 20.7 Å². The van der Waals surface area contributed by atoms with Crippen LogP contribution in [0.2, 0.25) is 0 Å². The van der Waals surface area contributed by atoms with Crippen molar-refractivity contribution in [2.24, 2.45) is 10.1 Å². The van der Waals surface area contributed by atoms with E-state index in [4.69, 9.17) is 4.74 Å². The molecule has 1 fully saturated rings. The fourth-order valence-electron chi connectivity index (χ4n) is 3.03. The van der Waals surface area contributed by atoms with E-state index in [0.717, 1.165) is 5.71 Å². The number of likely N-dealkylation sites (N-methyl/N-ethyl adjacent to an activating group) is 1. The predicted octanol–water partition coefficient (Wildman–Crippen LogP) is -0.446. The number of hydrogen-bond donors (Lipinski definition) is 0. The third-order valence-electron chi connectivity index (χ3n) is 4.13. The molecule has 1 unspecified atom stereocenters. The summed E-state index contributed by atoms with van der Waals surface area (Å²) in [5.74, 6) is 0.729. The monoisotopic (exact) mass is 333 g/mol. The van der Waals surface area contributed by atoms with Crippen LogP contribution in [-0.2, 0) is 9.53 Å². The van der Waals surface area contributed by atoms with E-state index in [1.54, 1.807) is 25.2 Å². The van der Waals surface area contributed by atoms with E-state index in [2.05, 4.69) is 16.7 Å². The number of rotatable bonds is 5. The minimum atomic E-state index is -0.613. The Labute approximate surface area is 140 Å². The SMILES string of the molecule is C=CCN1C(=O)C2C(=NC3=[N+]2CC(C)=NN3CCOC)N(C)C1=O. The van der Waals surface area contributed by atoms with E-state index < -0.39 is 12.1 Å². The number of hydrazone groups is 1. The van der Waals surface area contributed by atoms with Crippen LogP contribution in [0.3, 0.4) is 0 Å². The molecule has 0 aromatic carbocycles. The summed E-state index contributed by atoms with van der Waals surface area (Å²) < 4.78 is 7.00. The largest absolute Gasteiger partial charge is 0.416 e. The van der Waals surface area contributed by atoms with Crippen molar-refractivity contribution in [1.29, 1.82) is 0 Å². The van der Waals surface area contributed by atoms with E-state index >= 15 is 0 Å². The smallest absolute Gasteiger partial charge is 0.381 e. The molecule has 0 radical (unpaired) electrons. The first-order valence-corrected chi connectivity index (χ1v) is 7.72. The number of hydrogen-bond acceptors (Lipinski definition) is 6. The van der Waals surface area contributed by atoms with Crippen molar-refractivity contribution in [3.05, 3.63) is 12.7 Å². The Morgan fingerprint density at radius 3 is 2.88 bits per heavy atom. The molecular formula is C15H21N6O3+. The van der Waals surface area contributed by atoms with Gasteiger partial charge in [0.25, 0.3) is 5.91 Å². The fourth-order valence-corrected chi connectivity index (χ4v) is 3.03. The summed E-state index contributed by atoms with van der Waals surface area (Å²) in [5, 5.41) is 6.20. The topological polar surface area (TPSA) is 80.8 Å². The Bertz CT molecular complexity index is 695. The summed E-state index contributed by atoms with van der Waals surface area (Å²) >= 11 is 0. The van der Waals surface area contributed by atoms with Crippen molar-refractivity contribution >= 4 is 29.4 Å². The lowest BCUT2D eigenvalue weighted by Gasteiger charge is -2.33. The van der Waals surface area contributed by atoms with Gasteiger partial charge in [-0.2, -0.15) is 0 Å². The molecule has 0 aliphatic carbocycles. The quantitative estimate of drug-likeness (QED) is 0.504. The molecule has 3 amide bonds. The maximum absolute atomic E-state index is 12.8. The first kappa shape index (κ1) is 16.3. The van der Waals surface area contributed by atoms with E-state index in [9.17, 15) is 9.59 Å². The highest BCUT2D eigenvalue weighted by Crippen LogP contribution is 2.22. The van der Waals surface area contributed by atoms with Crippen LogP contribution in [0.1, 0.15) is 6.92 Å². The highest BCUT2D eigenvalue weighted by atomic mass is 16.5. The van der Waals surface area contributed by atoms with Gasteiger partial charge in [-0.1, -0.05) is 11.1 Å². The average Bonchev–Trinajstić information content (AvgIpc) is 2.94. The lowest BCUT2D eigenvalue weighted by atomic mass is 10.1. The molecule has 9 nitrogen and oxygen atoms in total. The lowest BCUT2D eigenvalue weighted by Crippen LogP contribution is -2.63. The number of amidine groups is 1. The van der Waals surface area contributed by atoms with Crippen molar-refractivity contribution in [3.8, 4) is 0 Å². The normalized spacial score (nSPS) is 23.3. The zero-order valence-corrected chi connectivity index (χ0v) is 14.1. The summed E-state index contributed by atoms with van der Waals surface area (Å²) in [5.41, 5.74) is 0.869. The molecule has 9 heteroatoms. The van der Waals surface area contributed by atoms with Gasteiger partial charge in [-0.25, -0.2) is 9.37 Å². The Hall–Kier alpha value is -2.55. The second-order valence-corrected chi connectivity index (χ2v) is 5.83. The van der Waals surface area contributed by atoms with E-state index in [1.165, 1.54) is 9.80 Å². The molecule has 0 spiro atoms. The lowest BCUT2D eigenvalue weighted by molar-refractivity contribution is -0.527. The van der Waals surface area contributed by atoms with E-state index in [1.807, 2.05) is 11.5 Å². The van der Waals surface area contributed by atoms with Gasteiger partial charge in [0.15, 0.2) is 0 Å². The number of fused-ring (bicyclic) bond motifs is 2. The first-order valence-electron chi connectivity index (χ1n) is 7.72. The molecule has 128 valence electrons. The van der Waals surface area contributed by atoms with Gasteiger partial charge >= 0.3 is 12.0 Å². The Morgan fingerprint density at radius 2 is 2.21 bits per heavy atom. The molecule has 3 aliphatic rings. The third-order valence-corrected chi connectivity index (χ3v) is 4.13. The molecule has 0 aromatic heterocycles. The molecule has 0 saturated carbocycles. The number of imide groups is 1. The molecule has 3 heterocycles. The number of carbonyl (C=O) groups excluding carboxylic acids is 2. The second-order valence-electron chi connectivity index (χ2n) is 5.83. The van der Waals surface area contributed by atoms with Crippen molar-refractivity contribution in [2.75, 3.05) is 40.4 Å². The first-order chi connectivity index (χ1) is 11.5. The van der Waals surface area contributed by atoms with Crippen LogP contribution < -0.4 is 0 Å². The van der Waals surface area contributed by atoms with Crippen LogP contribution in [0.5, 0.6) is 0 Å². The number of urea groups is 1. The van der Waals surface area contributed by atoms with Gasteiger partial charge in [0.2, 0.25) is 11.9 Å². The van der Waals surface area contributed by atoms with Crippen molar-refractivity contribution in [1.82, 2.24) is 14.8 Å². The number of carbonyl (C=O) groups is 2. The van der Waals surface area contributed by atoms with Crippen molar-refractivity contribution in [2.45, 2.75) is 13.0 Å². The van der Waals surface area contributed by atoms with Gasteiger partial charge in [0.05, 0.1) is 12.3 Å². The number of guanidine groups is 1. The van der Waals surface area contributed by atoms with Crippen LogP contribution in [0.4, 0.5) is 4.79 Å². The molecule has 3 aliphatic heterocycles. The highest BCUT2D eigenvalue weighted by molar-refractivity contribution is 6.23. The van der Waals surface area contributed by atoms with Crippen LogP contribution >= 0.6 is 0 Å². The molecule has 1 atom stereocenters. The molecule has 0 aromatic rings. The number of amides is 3. The third kappa shape index (κ3) is 2.41. The summed E-state index contributed by atoms with van der Waals surface area (Å²) in [6.07, 6.45) is 1.54. The van der Waals surface area contributed by atoms with Gasteiger partial charge in [-0.05, 0) is 6.92 Å². The highest BCUT2D eigenvalue weighted by Gasteiger charge is 2.54. The van der Waals surface area contributed by atoms with Crippen LogP contribution in [0.15, 0.2) is 22.7 Å². The average molecular weight is 333 g/mol. The summed E-state index contributed by atoms with van der Waals surface area (Å²) in [6, 6.07) is -1.01. The Morgan fingerprint density at radius 1 is 1.46 bits per heavy atom. The van der Waals surface area contributed by atoms with Crippen molar-refractivity contribution < 1.29 is 18.9 Å². The number of methoxy groups -OCH3 is 1. The zero-order valence-electron chi connectivity index (χ0n) is 14.1.